The molecule has 0 fully saturated rings. The molecule has 0 aliphatic carbocycles. The van der Waals surface area contributed by atoms with Crippen molar-refractivity contribution in [1.29, 1.82) is 0 Å². The Kier molecular flexibility index (Phi) is 4.74. The summed E-state index contributed by atoms with van der Waals surface area (Å²) in [5.41, 5.74) is 2.25. The Labute approximate surface area is 114 Å². The van der Waals surface area contributed by atoms with E-state index in [0.717, 1.165) is 25.1 Å². The molecule has 0 radical (unpaired) electrons. The maximum absolute atomic E-state index is 13.2. The third-order valence-electron chi connectivity index (χ3n) is 3.33. The second kappa shape index (κ2) is 6.53. The zero-order valence-electron chi connectivity index (χ0n) is 11.6. The number of aryl methyl sites for hydroxylation is 1. The monoisotopic (exact) mass is 260 g/mol. The SMILES string of the molecule is CCCn1cccc1CNC(C)c1cccc(F)c1. The molecular formula is C16H21FN2. The van der Waals surface area contributed by atoms with Gasteiger partial charge >= 0.3 is 0 Å². The number of hydrogen-bond donors (Lipinski definition) is 1. The third kappa shape index (κ3) is 3.67. The van der Waals surface area contributed by atoms with Crippen LogP contribution in [0.25, 0.3) is 0 Å². The summed E-state index contributed by atoms with van der Waals surface area (Å²) in [7, 11) is 0. The molecule has 1 aromatic carbocycles. The van der Waals surface area contributed by atoms with Crippen molar-refractivity contribution in [2.75, 3.05) is 0 Å². The molecule has 1 atom stereocenters. The molecule has 3 heteroatoms. The first-order valence-corrected chi connectivity index (χ1v) is 6.83. The lowest BCUT2D eigenvalue weighted by atomic mass is 10.1. The van der Waals surface area contributed by atoms with Gasteiger partial charge in [0, 0.05) is 31.0 Å². The molecule has 19 heavy (non-hydrogen) atoms. The highest BCUT2D eigenvalue weighted by Crippen LogP contribution is 2.14. The average Bonchev–Trinajstić information content (AvgIpc) is 2.84. The maximum Gasteiger partial charge on any atom is 0.123 e. The molecule has 2 aromatic rings. The fourth-order valence-electron chi connectivity index (χ4n) is 2.22. The van der Waals surface area contributed by atoms with Gasteiger partial charge in [-0.3, -0.25) is 0 Å². The Hall–Kier alpha value is -1.61. The van der Waals surface area contributed by atoms with Crippen LogP contribution in [0.5, 0.6) is 0 Å². The number of nitrogens with zero attached hydrogens (tertiary/aromatic N) is 1. The average molecular weight is 260 g/mol. The summed E-state index contributed by atoms with van der Waals surface area (Å²) in [6.07, 6.45) is 3.23. The second-order valence-corrected chi connectivity index (χ2v) is 4.85. The van der Waals surface area contributed by atoms with E-state index < -0.39 is 0 Å². The first-order chi connectivity index (χ1) is 9.20. The highest BCUT2D eigenvalue weighted by atomic mass is 19.1. The van der Waals surface area contributed by atoms with Crippen LogP contribution in [0, 0.1) is 5.82 Å². The molecule has 0 bridgehead atoms. The van der Waals surface area contributed by atoms with Gasteiger partial charge in [0.05, 0.1) is 0 Å². The van der Waals surface area contributed by atoms with Crippen molar-refractivity contribution in [2.45, 2.75) is 39.4 Å². The molecule has 0 saturated carbocycles. The predicted molar refractivity (Wildman–Crippen MR) is 76.4 cm³/mol. The summed E-state index contributed by atoms with van der Waals surface area (Å²) >= 11 is 0. The van der Waals surface area contributed by atoms with Gasteiger partial charge in [0.2, 0.25) is 0 Å². The summed E-state index contributed by atoms with van der Waals surface area (Å²) in [5.74, 6) is -0.180. The van der Waals surface area contributed by atoms with Crippen molar-refractivity contribution < 1.29 is 4.39 Å². The van der Waals surface area contributed by atoms with Gasteiger partial charge in [-0.2, -0.15) is 0 Å². The fraction of sp³-hybridized carbons (Fsp3) is 0.375. The highest BCUT2D eigenvalue weighted by Gasteiger charge is 2.07. The molecule has 0 saturated heterocycles. The summed E-state index contributed by atoms with van der Waals surface area (Å²) in [4.78, 5) is 0. The topological polar surface area (TPSA) is 17.0 Å². The van der Waals surface area contributed by atoms with Gasteiger partial charge in [0.1, 0.15) is 5.82 Å². The second-order valence-electron chi connectivity index (χ2n) is 4.85. The zero-order chi connectivity index (χ0) is 13.7. The van der Waals surface area contributed by atoms with E-state index in [1.807, 2.05) is 6.07 Å². The van der Waals surface area contributed by atoms with Crippen molar-refractivity contribution in [3.05, 3.63) is 59.7 Å². The largest absolute Gasteiger partial charge is 0.350 e. The van der Waals surface area contributed by atoms with E-state index >= 15 is 0 Å². The van der Waals surface area contributed by atoms with Crippen molar-refractivity contribution in [1.82, 2.24) is 9.88 Å². The van der Waals surface area contributed by atoms with Crippen LogP contribution in [-0.2, 0) is 13.1 Å². The van der Waals surface area contributed by atoms with Gasteiger partial charge in [-0.25, -0.2) is 4.39 Å². The molecular weight excluding hydrogens is 239 g/mol. The molecule has 0 amide bonds. The van der Waals surface area contributed by atoms with Crippen molar-refractivity contribution in [3.63, 3.8) is 0 Å². The quantitative estimate of drug-likeness (QED) is 0.834. The van der Waals surface area contributed by atoms with Gasteiger partial charge in [0.15, 0.2) is 0 Å². The van der Waals surface area contributed by atoms with Crippen LogP contribution >= 0.6 is 0 Å². The molecule has 2 rings (SSSR count). The Morgan fingerprint density at radius 1 is 1.26 bits per heavy atom. The molecule has 102 valence electrons. The van der Waals surface area contributed by atoms with Gasteiger partial charge in [-0.1, -0.05) is 19.1 Å². The van der Waals surface area contributed by atoms with Crippen molar-refractivity contribution >= 4 is 0 Å². The van der Waals surface area contributed by atoms with E-state index in [0.29, 0.717) is 0 Å². The molecule has 0 aliphatic rings. The minimum absolute atomic E-state index is 0.140. The van der Waals surface area contributed by atoms with E-state index in [4.69, 9.17) is 0 Å². The highest BCUT2D eigenvalue weighted by molar-refractivity contribution is 5.19. The first kappa shape index (κ1) is 13.8. The zero-order valence-corrected chi connectivity index (χ0v) is 11.6. The minimum Gasteiger partial charge on any atom is -0.350 e. The normalized spacial score (nSPS) is 12.6. The van der Waals surface area contributed by atoms with Gasteiger partial charge in [0.25, 0.3) is 0 Å². The van der Waals surface area contributed by atoms with E-state index in [2.05, 4.69) is 42.1 Å². The fourth-order valence-corrected chi connectivity index (χ4v) is 2.22. The molecule has 1 N–H and O–H groups in total. The predicted octanol–water partition coefficient (Wildman–Crippen LogP) is 3.89. The van der Waals surface area contributed by atoms with Crippen LogP contribution in [-0.4, -0.2) is 4.57 Å². The van der Waals surface area contributed by atoms with E-state index in [-0.39, 0.29) is 11.9 Å². The van der Waals surface area contributed by atoms with Crippen LogP contribution in [0.15, 0.2) is 42.6 Å². The number of aromatic nitrogens is 1. The standard InChI is InChI=1S/C16H21FN2/c1-3-9-19-10-5-8-16(19)12-18-13(2)14-6-4-7-15(17)11-14/h4-8,10-11,13,18H,3,9,12H2,1-2H3. The molecule has 0 spiro atoms. The van der Waals surface area contributed by atoms with Crippen LogP contribution in [0.3, 0.4) is 0 Å². The maximum atomic E-state index is 13.2. The molecule has 0 aliphatic heterocycles. The summed E-state index contributed by atoms with van der Waals surface area (Å²) < 4.78 is 15.4. The number of halogens is 1. The lowest BCUT2D eigenvalue weighted by Crippen LogP contribution is -2.20. The van der Waals surface area contributed by atoms with Crippen LogP contribution in [0.1, 0.15) is 37.6 Å². The molecule has 1 unspecified atom stereocenters. The lowest BCUT2D eigenvalue weighted by Gasteiger charge is -2.15. The minimum atomic E-state index is -0.180. The number of rotatable bonds is 6. The summed E-state index contributed by atoms with van der Waals surface area (Å²) in [6, 6.07) is 11.1. The van der Waals surface area contributed by atoms with E-state index in [1.54, 1.807) is 12.1 Å². The van der Waals surface area contributed by atoms with Crippen molar-refractivity contribution in [2.24, 2.45) is 0 Å². The van der Waals surface area contributed by atoms with Gasteiger partial charge < -0.3 is 9.88 Å². The number of nitrogens with one attached hydrogen (secondary N) is 1. The van der Waals surface area contributed by atoms with Crippen LogP contribution in [0.2, 0.25) is 0 Å². The van der Waals surface area contributed by atoms with Crippen molar-refractivity contribution in [3.8, 4) is 0 Å². The first-order valence-electron chi connectivity index (χ1n) is 6.83. The Balaban J connectivity index is 1.96. The van der Waals surface area contributed by atoms with E-state index in [9.17, 15) is 4.39 Å². The smallest absolute Gasteiger partial charge is 0.123 e. The molecule has 2 nitrogen and oxygen atoms in total. The van der Waals surface area contributed by atoms with Gasteiger partial charge in [-0.05, 0) is 43.2 Å². The van der Waals surface area contributed by atoms with Crippen LogP contribution in [0.4, 0.5) is 4.39 Å². The Morgan fingerprint density at radius 2 is 2.11 bits per heavy atom. The molecule has 1 heterocycles. The van der Waals surface area contributed by atoms with Gasteiger partial charge in [-0.15, -0.1) is 0 Å². The van der Waals surface area contributed by atoms with Crippen LogP contribution < -0.4 is 5.32 Å². The number of benzene rings is 1. The Bertz CT molecular complexity index is 519. The van der Waals surface area contributed by atoms with E-state index in [1.165, 1.54) is 11.8 Å². The lowest BCUT2D eigenvalue weighted by molar-refractivity contribution is 0.537. The third-order valence-corrected chi connectivity index (χ3v) is 3.33. The number of hydrogen-bond acceptors (Lipinski definition) is 1. The summed E-state index contributed by atoms with van der Waals surface area (Å²) in [6.45, 7) is 6.07. The molecule has 1 aromatic heterocycles. The summed E-state index contributed by atoms with van der Waals surface area (Å²) in [5, 5.41) is 3.44. The Morgan fingerprint density at radius 3 is 2.84 bits per heavy atom.